The Hall–Kier alpha value is -1.14. The minimum Gasteiger partial charge on any atom is -0.379 e. The van der Waals surface area contributed by atoms with Crippen LogP contribution >= 0.6 is 0 Å². The first-order valence-corrected chi connectivity index (χ1v) is 3.52. The fraction of sp³-hybridized carbons (Fsp3) is 0.667. The predicted molar refractivity (Wildman–Crippen MR) is 40.1 cm³/mol. The van der Waals surface area contributed by atoms with Crippen LogP contribution in [-0.4, -0.2) is 30.7 Å². The molecular formula is C6H11N3O3. The number of primary amides is 1. The number of urea groups is 1. The summed E-state index contributed by atoms with van der Waals surface area (Å²) in [6.07, 6.45) is 0.409. The van der Waals surface area contributed by atoms with E-state index in [1.807, 2.05) is 5.32 Å². The quantitative estimate of drug-likeness (QED) is 0.439. The first-order chi connectivity index (χ1) is 5.54. The van der Waals surface area contributed by atoms with E-state index in [9.17, 15) is 9.59 Å². The molecule has 6 nitrogen and oxygen atoms in total. The fourth-order valence-corrected chi connectivity index (χ4v) is 0.996. The first-order valence-electron chi connectivity index (χ1n) is 3.52. The molecule has 1 saturated heterocycles. The number of nitrogens with one attached hydrogen (secondary N) is 1. The van der Waals surface area contributed by atoms with Crippen LogP contribution in [0, 0.1) is 0 Å². The van der Waals surface area contributed by atoms with E-state index in [-0.39, 0.29) is 6.61 Å². The lowest BCUT2D eigenvalue weighted by atomic mass is 9.99. The molecule has 1 aliphatic heterocycles. The van der Waals surface area contributed by atoms with Crippen molar-refractivity contribution >= 4 is 11.9 Å². The number of ether oxygens (including phenoxy) is 1. The van der Waals surface area contributed by atoms with Crippen LogP contribution in [0.5, 0.6) is 0 Å². The van der Waals surface area contributed by atoms with Crippen molar-refractivity contribution in [2.75, 3.05) is 13.2 Å². The maximum Gasteiger partial charge on any atom is 0.318 e. The molecule has 0 spiro atoms. The average molecular weight is 173 g/mol. The molecule has 0 bridgehead atoms. The molecule has 1 atom stereocenters. The lowest BCUT2D eigenvalue weighted by Crippen LogP contribution is -2.56. The molecule has 3 amide bonds. The van der Waals surface area contributed by atoms with Crippen LogP contribution in [0.15, 0.2) is 0 Å². The molecular weight excluding hydrogens is 162 g/mol. The Labute approximate surface area is 69.2 Å². The summed E-state index contributed by atoms with van der Waals surface area (Å²) in [4.78, 5) is 21.5. The second-order valence-corrected chi connectivity index (χ2v) is 2.78. The maximum atomic E-state index is 11.2. The molecule has 1 fully saturated rings. The molecule has 0 aromatic rings. The zero-order valence-electron chi connectivity index (χ0n) is 6.50. The Bertz CT molecular complexity index is 210. The molecule has 0 radical (unpaired) electrons. The molecule has 1 rings (SSSR count). The van der Waals surface area contributed by atoms with E-state index in [0.717, 1.165) is 0 Å². The van der Waals surface area contributed by atoms with Crippen LogP contribution < -0.4 is 16.8 Å². The molecule has 0 aliphatic carbocycles. The minimum absolute atomic E-state index is 0.131. The largest absolute Gasteiger partial charge is 0.379 e. The summed E-state index contributed by atoms with van der Waals surface area (Å²) in [6.45, 7) is 0.564. The third-order valence-corrected chi connectivity index (χ3v) is 1.74. The Morgan fingerprint density at radius 1 is 1.50 bits per heavy atom. The zero-order valence-corrected chi connectivity index (χ0v) is 6.50. The molecule has 6 heteroatoms. The van der Waals surface area contributed by atoms with Gasteiger partial charge < -0.3 is 16.2 Å². The Morgan fingerprint density at radius 3 is 2.58 bits per heavy atom. The van der Waals surface area contributed by atoms with Gasteiger partial charge in [0.25, 0.3) is 5.91 Å². The standard InChI is InChI=1S/C6H11N3O3/c7-5(11)9-4(10)6(8)1-2-12-3-6/h1-3,8H2,(H3,7,9,10,11). The van der Waals surface area contributed by atoms with Gasteiger partial charge in [-0.15, -0.1) is 0 Å². The Balaban J connectivity index is 2.56. The van der Waals surface area contributed by atoms with E-state index in [1.165, 1.54) is 0 Å². The highest BCUT2D eigenvalue weighted by atomic mass is 16.5. The first kappa shape index (κ1) is 8.95. The van der Waals surface area contributed by atoms with Crippen molar-refractivity contribution in [2.45, 2.75) is 12.0 Å². The summed E-state index contributed by atoms with van der Waals surface area (Å²) in [5.41, 5.74) is 9.27. The molecule has 5 N–H and O–H groups in total. The van der Waals surface area contributed by atoms with Gasteiger partial charge in [-0.2, -0.15) is 0 Å². The summed E-state index contributed by atoms with van der Waals surface area (Å²) in [7, 11) is 0. The van der Waals surface area contributed by atoms with Gasteiger partial charge in [0.2, 0.25) is 0 Å². The van der Waals surface area contributed by atoms with Gasteiger partial charge in [0, 0.05) is 6.61 Å². The second-order valence-electron chi connectivity index (χ2n) is 2.78. The van der Waals surface area contributed by atoms with Crippen molar-refractivity contribution in [1.29, 1.82) is 0 Å². The molecule has 0 aromatic heterocycles. The van der Waals surface area contributed by atoms with Crippen LogP contribution in [0.3, 0.4) is 0 Å². The van der Waals surface area contributed by atoms with Gasteiger partial charge in [0.15, 0.2) is 0 Å². The topological polar surface area (TPSA) is 107 Å². The minimum atomic E-state index is -1.09. The normalized spacial score (nSPS) is 28.4. The molecule has 0 saturated carbocycles. The number of nitrogens with two attached hydrogens (primary N) is 2. The van der Waals surface area contributed by atoms with Crippen molar-refractivity contribution in [3.8, 4) is 0 Å². The maximum absolute atomic E-state index is 11.2. The summed E-state index contributed by atoms with van der Waals surface area (Å²) in [5, 5.41) is 1.92. The van der Waals surface area contributed by atoms with Gasteiger partial charge in [-0.05, 0) is 6.42 Å². The second kappa shape index (κ2) is 3.08. The van der Waals surface area contributed by atoms with Crippen molar-refractivity contribution in [2.24, 2.45) is 11.5 Å². The number of hydrogen-bond donors (Lipinski definition) is 3. The third-order valence-electron chi connectivity index (χ3n) is 1.74. The van der Waals surface area contributed by atoms with Crippen molar-refractivity contribution in [3.63, 3.8) is 0 Å². The van der Waals surface area contributed by atoms with Crippen molar-refractivity contribution in [3.05, 3.63) is 0 Å². The van der Waals surface area contributed by atoms with E-state index in [1.54, 1.807) is 0 Å². The average Bonchev–Trinajstić information content (AvgIpc) is 2.36. The number of imide groups is 1. The number of rotatable bonds is 1. The predicted octanol–water partition coefficient (Wildman–Crippen LogP) is -1.70. The van der Waals surface area contributed by atoms with Crippen LogP contribution in [0.1, 0.15) is 6.42 Å². The van der Waals surface area contributed by atoms with Gasteiger partial charge >= 0.3 is 6.03 Å². The monoisotopic (exact) mass is 173 g/mol. The molecule has 68 valence electrons. The summed E-state index contributed by atoms with van der Waals surface area (Å²) in [6, 6.07) is -0.892. The van der Waals surface area contributed by atoms with Crippen LogP contribution in [-0.2, 0) is 9.53 Å². The number of hydrogen-bond acceptors (Lipinski definition) is 4. The van der Waals surface area contributed by atoms with Crippen LogP contribution in [0.2, 0.25) is 0 Å². The van der Waals surface area contributed by atoms with Crippen LogP contribution in [0.4, 0.5) is 4.79 Å². The Kier molecular flexibility index (Phi) is 2.30. The van der Waals surface area contributed by atoms with E-state index < -0.39 is 17.5 Å². The summed E-state index contributed by atoms with van der Waals surface area (Å²) >= 11 is 0. The highest BCUT2D eigenvalue weighted by molar-refractivity contribution is 5.98. The molecule has 12 heavy (non-hydrogen) atoms. The lowest BCUT2D eigenvalue weighted by molar-refractivity contribution is -0.125. The lowest BCUT2D eigenvalue weighted by Gasteiger charge is -2.18. The number of carbonyl (C=O) groups is 2. The highest BCUT2D eigenvalue weighted by Crippen LogP contribution is 2.14. The van der Waals surface area contributed by atoms with E-state index in [2.05, 4.69) is 0 Å². The molecule has 1 unspecified atom stereocenters. The van der Waals surface area contributed by atoms with E-state index >= 15 is 0 Å². The van der Waals surface area contributed by atoms with Crippen molar-refractivity contribution in [1.82, 2.24) is 5.32 Å². The number of amides is 3. The molecule has 1 heterocycles. The Morgan fingerprint density at radius 2 is 2.17 bits per heavy atom. The van der Waals surface area contributed by atoms with Gasteiger partial charge in [-0.1, -0.05) is 0 Å². The smallest absolute Gasteiger partial charge is 0.318 e. The van der Waals surface area contributed by atoms with Gasteiger partial charge in [-0.3, -0.25) is 10.1 Å². The van der Waals surface area contributed by atoms with Gasteiger partial charge in [-0.25, -0.2) is 4.79 Å². The molecule has 0 aromatic carbocycles. The fourth-order valence-electron chi connectivity index (χ4n) is 0.996. The van der Waals surface area contributed by atoms with E-state index in [4.69, 9.17) is 16.2 Å². The van der Waals surface area contributed by atoms with Gasteiger partial charge in [0.1, 0.15) is 5.54 Å². The number of carbonyl (C=O) groups excluding carboxylic acids is 2. The summed E-state index contributed by atoms with van der Waals surface area (Å²) in [5.74, 6) is -0.576. The zero-order chi connectivity index (χ0) is 9.19. The SMILES string of the molecule is NC(=O)NC(=O)C1(N)CCOC1. The van der Waals surface area contributed by atoms with Gasteiger partial charge in [0.05, 0.1) is 6.61 Å². The summed E-state index contributed by atoms with van der Waals surface area (Å²) < 4.78 is 4.92. The van der Waals surface area contributed by atoms with E-state index in [0.29, 0.717) is 13.0 Å². The third kappa shape index (κ3) is 1.72. The van der Waals surface area contributed by atoms with Crippen LogP contribution in [0.25, 0.3) is 0 Å². The highest BCUT2D eigenvalue weighted by Gasteiger charge is 2.38. The molecule has 1 aliphatic rings. The van der Waals surface area contributed by atoms with Crippen molar-refractivity contribution < 1.29 is 14.3 Å².